The van der Waals surface area contributed by atoms with Gasteiger partial charge in [-0.3, -0.25) is 9.78 Å². The van der Waals surface area contributed by atoms with Gasteiger partial charge in [0.15, 0.2) is 0 Å². The van der Waals surface area contributed by atoms with Gasteiger partial charge in [-0.2, -0.15) is 0 Å². The zero-order chi connectivity index (χ0) is 19.2. The Balaban J connectivity index is 1.38. The molecular weight excluding hydrogens is 350 g/mol. The van der Waals surface area contributed by atoms with Crippen LogP contribution in [0.2, 0.25) is 0 Å². The lowest BCUT2D eigenvalue weighted by molar-refractivity contribution is 0.0950. The largest absolute Gasteiger partial charge is 0.353 e. The molecule has 2 aromatic heterocycles. The number of nitrogens with zero attached hydrogens (tertiary/aromatic N) is 3. The second kappa shape index (κ2) is 8.63. The van der Waals surface area contributed by atoms with Crippen molar-refractivity contribution in [2.45, 2.75) is 12.6 Å². The average Bonchev–Trinajstić information content (AvgIpc) is 2.79. The topological polar surface area (TPSA) is 70.2 Å². The van der Waals surface area contributed by atoms with Crippen LogP contribution in [0.3, 0.4) is 0 Å². The van der Waals surface area contributed by atoms with Gasteiger partial charge in [0.05, 0.1) is 17.8 Å². The van der Waals surface area contributed by atoms with Crippen LogP contribution in [-0.4, -0.2) is 35.5 Å². The SMILES string of the molecule is O=C(NCc1ccccn1)c1ccc(N2CCNC(c3ccccc3)C2)nc1. The zero-order valence-corrected chi connectivity index (χ0v) is 15.6. The first kappa shape index (κ1) is 18.1. The highest BCUT2D eigenvalue weighted by atomic mass is 16.1. The summed E-state index contributed by atoms with van der Waals surface area (Å²) in [6.45, 7) is 3.04. The van der Waals surface area contributed by atoms with E-state index in [1.807, 2.05) is 36.4 Å². The summed E-state index contributed by atoms with van der Waals surface area (Å²) in [7, 11) is 0. The third kappa shape index (κ3) is 4.35. The van der Waals surface area contributed by atoms with E-state index in [1.165, 1.54) is 5.56 Å². The van der Waals surface area contributed by atoms with Gasteiger partial charge in [-0.05, 0) is 29.8 Å². The number of carbonyl (C=O) groups excluding carboxylic acids is 1. The quantitative estimate of drug-likeness (QED) is 0.719. The molecule has 4 rings (SSSR count). The van der Waals surface area contributed by atoms with Crippen molar-refractivity contribution in [3.05, 3.63) is 89.9 Å². The number of amides is 1. The molecule has 0 bridgehead atoms. The molecule has 1 aliphatic rings. The number of hydrogen-bond donors (Lipinski definition) is 2. The first-order chi connectivity index (χ1) is 13.8. The Bertz CT molecular complexity index is 899. The Morgan fingerprint density at radius 3 is 2.68 bits per heavy atom. The van der Waals surface area contributed by atoms with E-state index >= 15 is 0 Å². The monoisotopic (exact) mass is 373 g/mol. The number of aromatic nitrogens is 2. The van der Waals surface area contributed by atoms with Crippen molar-refractivity contribution in [1.29, 1.82) is 0 Å². The van der Waals surface area contributed by atoms with Crippen LogP contribution < -0.4 is 15.5 Å². The predicted octanol–water partition coefficient (Wildman–Crippen LogP) is 2.56. The molecule has 1 fully saturated rings. The summed E-state index contributed by atoms with van der Waals surface area (Å²) in [5, 5.41) is 6.44. The molecule has 28 heavy (non-hydrogen) atoms. The first-order valence-corrected chi connectivity index (χ1v) is 9.47. The molecule has 3 aromatic rings. The van der Waals surface area contributed by atoms with Crippen molar-refractivity contribution in [3.8, 4) is 0 Å². The molecule has 0 saturated carbocycles. The van der Waals surface area contributed by atoms with Crippen molar-refractivity contribution >= 4 is 11.7 Å². The Hall–Kier alpha value is -3.25. The van der Waals surface area contributed by atoms with Crippen LogP contribution in [0.25, 0.3) is 0 Å². The molecule has 1 aromatic carbocycles. The second-order valence-corrected chi connectivity index (χ2v) is 6.77. The molecule has 1 amide bonds. The normalized spacial score (nSPS) is 16.6. The van der Waals surface area contributed by atoms with Crippen molar-refractivity contribution in [2.75, 3.05) is 24.5 Å². The lowest BCUT2D eigenvalue weighted by Crippen LogP contribution is -2.46. The van der Waals surface area contributed by atoms with Crippen LogP contribution in [0.1, 0.15) is 27.7 Å². The Labute approximate surface area is 164 Å². The number of anilines is 1. The van der Waals surface area contributed by atoms with Crippen LogP contribution >= 0.6 is 0 Å². The van der Waals surface area contributed by atoms with E-state index in [4.69, 9.17) is 0 Å². The second-order valence-electron chi connectivity index (χ2n) is 6.77. The molecule has 0 radical (unpaired) electrons. The summed E-state index contributed by atoms with van der Waals surface area (Å²) in [4.78, 5) is 23.3. The van der Waals surface area contributed by atoms with E-state index in [1.54, 1.807) is 12.4 Å². The smallest absolute Gasteiger partial charge is 0.253 e. The van der Waals surface area contributed by atoms with E-state index in [0.717, 1.165) is 31.1 Å². The Morgan fingerprint density at radius 1 is 1.07 bits per heavy atom. The molecule has 3 heterocycles. The fraction of sp³-hybridized carbons (Fsp3) is 0.227. The van der Waals surface area contributed by atoms with Gasteiger partial charge in [-0.1, -0.05) is 36.4 Å². The molecule has 142 valence electrons. The van der Waals surface area contributed by atoms with Gasteiger partial charge < -0.3 is 15.5 Å². The lowest BCUT2D eigenvalue weighted by Gasteiger charge is -2.34. The minimum Gasteiger partial charge on any atom is -0.353 e. The van der Waals surface area contributed by atoms with E-state index in [-0.39, 0.29) is 11.9 Å². The van der Waals surface area contributed by atoms with Crippen molar-refractivity contribution < 1.29 is 4.79 Å². The van der Waals surface area contributed by atoms with Crippen molar-refractivity contribution in [1.82, 2.24) is 20.6 Å². The molecule has 1 unspecified atom stereocenters. The lowest BCUT2D eigenvalue weighted by atomic mass is 10.0. The van der Waals surface area contributed by atoms with Crippen LogP contribution in [0.15, 0.2) is 73.1 Å². The third-order valence-corrected chi connectivity index (χ3v) is 4.87. The van der Waals surface area contributed by atoms with E-state index < -0.39 is 0 Å². The summed E-state index contributed by atoms with van der Waals surface area (Å²) in [6, 6.07) is 20.1. The minimum atomic E-state index is -0.146. The number of hydrogen-bond acceptors (Lipinski definition) is 5. The first-order valence-electron chi connectivity index (χ1n) is 9.47. The van der Waals surface area contributed by atoms with Gasteiger partial charge in [0.25, 0.3) is 5.91 Å². The van der Waals surface area contributed by atoms with E-state index in [2.05, 4.69) is 49.8 Å². The van der Waals surface area contributed by atoms with Gasteiger partial charge in [0, 0.05) is 38.1 Å². The van der Waals surface area contributed by atoms with Gasteiger partial charge in [-0.15, -0.1) is 0 Å². The van der Waals surface area contributed by atoms with Crippen LogP contribution in [0.5, 0.6) is 0 Å². The fourth-order valence-electron chi connectivity index (χ4n) is 3.35. The Kier molecular flexibility index (Phi) is 5.58. The van der Waals surface area contributed by atoms with Crippen molar-refractivity contribution in [3.63, 3.8) is 0 Å². The fourth-order valence-corrected chi connectivity index (χ4v) is 3.35. The molecule has 1 saturated heterocycles. The number of piperazine rings is 1. The van der Waals surface area contributed by atoms with E-state index in [0.29, 0.717) is 12.1 Å². The zero-order valence-electron chi connectivity index (χ0n) is 15.6. The van der Waals surface area contributed by atoms with Crippen LogP contribution in [0, 0.1) is 0 Å². The summed E-state index contributed by atoms with van der Waals surface area (Å²) in [5.41, 5.74) is 2.65. The molecule has 1 atom stereocenters. The molecule has 6 heteroatoms. The average molecular weight is 373 g/mol. The molecule has 6 nitrogen and oxygen atoms in total. The van der Waals surface area contributed by atoms with Gasteiger partial charge in [0.2, 0.25) is 0 Å². The maximum absolute atomic E-state index is 12.3. The molecule has 0 spiro atoms. The molecule has 1 aliphatic heterocycles. The minimum absolute atomic E-state index is 0.146. The van der Waals surface area contributed by atoms with Gasteiger partial charge >= 0.3 is 0 Å². The number of benzene rings is 1. The summed E-state index contributed by atoms with van der Waals surface area (Å²) >= 11 is 0. The number of rotatable bonds is 5. The highest BCUT2D eigenvalue weighted by Crippen LogP contribution is 2.21. The Morgan fingerprint density at radius 2 is 1.93 bits per heavy atom. The number of nitrogens with one attached hydrogen (secondary N) is 2. The molecule has 2 N–H and O–H groups in total. The molecule has 0 aliphatic carbocycles. The van der Waals surface area contributed by atoms with Gasteiger partial charge in [-0.25, -0.2) is 4.98 Å². The van der Waals surface area contributed by atoms with Crippen LogP contribution in [0.4, 0.5) is 5.82 Å². The highest BCUT2D eigenvalue weighted by Gasteiger charge is 2.21. The third-order valence-electron chi connectivity index (χ3n) is 4.87. The summed E-state index contributed by atoms with van der Waals surface area (Å²) in [5.74, 6) is 0.746. The maximum atomic E-state index is 12.3. The predicted molar refractivity (Wildman–Crippen MR) is 109 cm³/mol. The molecular formula is C22H23N5O. The van der Waals surface area contributed by atoms with E-state index in [9.17, 15) is 4.79 Å². The van der Waals surface area contributed by atoms with Crippen LogP contribution in [-0.2, 0) is 6.54 Å². The maximum Gasteiger partial charge on any atom is 0.253 e. The summed E-state index contributed by atoms with van der Waals surface area (Å²) in [6.07, 6.45) is 3.36. The van der Waals surface area contributed by atoms with Crippen molar-refractivity contribution in [2.24, 2.45) is 0 Å². The number of pyridine rings is 2. The van der Waals surface area contributed by atoms with Gasteiger partial charge in [0.1, 0.15) is 5.82 Å². The highest BCUT2D eigenvalue weighted by molar-refractivity contribution is 5.94. The summed E-state index contributed by atoms with van der Waals surface area (Å²) < 4.78 is 0. The standard InChI is InChI=1S/C22H23N5O/c28-22(26-15-19-8-4-5-11-23-19)18-9-10-21(25-14-18)27-13-12-24-20(16-27)17-6-2-1-3-7-17/h1-11,14,20,24H,12-13,15-16H2,(H,26,28). The number of carbonyl (C=O) groups is 1.